The first-order valence-corrected chi connectivity index (χ1v) is 7.36. The van der Waals surface area contributed by atoms with Crippen molar-refractivity contribution in [3.63, 3.8) is 0 Å². The zero-order chi connectivity index (χ0) is 18.6. The minimum atomic E-state index is -2.45. The highest BCUT2D eigenvalue weighted by Gasteiger charge is 2.31. The van der Waals surface area contributed by atoms with Crippen LogP contribution in [0.3, 0.4) is 0 Å². The standard InChI is InChI=1S/C17H21N3O2/c1-17(2,3)10-5-6-11-13(9-10)20(4)19-15(11)12-7-8-14(21)18-16(12)22/h5-6,9,12H,7-8H2,1-4H3,(H,18,21,22)/i4D3. The first-order chi connectivity index (χ1) is 11.5. The molecule has 0 spiro atoms. The molecule has 1 atom stereocenters. The van der Waals surface area contributed by atoms with Crippen molar-refractivity contribution < 1.29 is 13.7 Å². The van der Waals surface area contributed by atoms with Gasteiger partial charge in [-0.25, -0.2) is 0 Å². The Balaban J connectivity index is 2.20. The average Bonchev–Trinajstić information content (AvgIpc) is 2.85. The average molecular weight is 302 g/mol. The number of nitrogens with one attached hydrogen (secondary N) is 1. The van der Waals surface area contributed by atoms with Crippen LogP contribution in [0.1, 0.15) is 54.9 Å². The molecule has 1 aromatic heterocycles. The molecule has 2 aromatic rings. The Bertz CT molecular complexity index is 862. The van der Waals surface area contributed by atoms with Crippen molar-refractivity contribution in [1.82, 2.24) is 15.1 Å². The zero-order valence-electron chi connectivity index (χ0n) is 15.9. The van der Waals surface area contributed by atoms with Crippen LogP contribution in [0.4, 0.5) is 0 Å². The Morgan fingerprint density at radius 3 is 2.77 bits per heavy atom. The third-order valence-electron chi connectivity index (χ3n) is 4.14. The number of carbonyl (C=O) groups excluding carboxylic acids is 2. The summed E-state index contributed by atoms with van der Waals surface area (Å²) in [6.07, 6.45) is 0.553. The normalized spacial score (nSPS) is 22.1. The number of fused-ring (bicyclic) bond motifs is 1. The molecule has 116 valence electrons. The maximum Gasteiger partial charge on any atom is 0.235 e. The summed E-state index contributed by atoms with van der Waals surface area (Å²) in [6.45, 7) is 3.69. The van der Waals surface area contributed by atoms with Crippen molar-refractivity contribution in [3.8, 4) is 0 Å². The maximum atomic E-state index is 12.2. The highest BCUT2D eigenvalue weighted by atomic mass is 16.2. The summed E-state index contributed by atoms with van der Waals surface area (Å²) in [6, 6.07) is 5.58. The smallest absolute Gasteiger partial charge is 0.235 e. The lowest BCUT2D eigenvalue weighted by Crippen LogP contribution is -2.39. The number of rotatable bonds is 1. The van der Waals surface area contributed by atoms with E-state index in [1.165, 1.54) is 0 Å². The van der Waals surface area contributed by atoms with E-state index in [0.29, 0.717) is 23.0 Å². The number of hydrogen-bond donors (Lipinski definition) is 1. The molecule has 1 saturated heterocycles. The van der Waals surface area contributed by atoms with E-state index in [9.17, 15) is 9.59 Å². The van der Waals surface area contributed by atoms with Gasteiger partial charge in [-0.1, -0.05) is 32.9 Å². The lowest BCUT2D eigenvalue weighted by Gasteiger charge is -2.20. The van der Waals surface area contributed by atoms with Crippen LogP contribution >= 0.6 is 0 Å². The Morgan fingerprint density at radius 2 is 2.14 bits per heavy atom. The summed E-state index contributed by atoms with van der Waals surface area (Å²) in [5, 5.41) is 7.21. The van der Waals surface area contributed by atoms with Crippen LogP contribution in [-0.2, 0) is 22.0 Å². The van der Waals surface area contributed by atoms with Gasteiger partial charge in [0.15, 0.2) is 0 Å². The van der Waals surface area contributed by atoms with Crippen LogP contribution in [0, 0.1) is 0 Å². The van der Waals surface area contributed by atoms with Gasteiger partial charge < -0.3 is 0 Å². The van der Waals surface area contributed by atoms with Crippen molar-refractivity contribution in [2.45, 2.75) is 44.9 Å². The number of carbonyl (C=O) groups is 2. The third kappa shape index (κ3) is 2.40. The largest absolute Gasteiger partial charge is 0.296 e. The van der Waals surface area contributed by atoms with Gasteiger partial charge in [-0.15, -0.1) is 0 Å². The topological polar surface area (TPSA) is 64.0 Å². The molecule has 1 aliphatic heterocycles. The van der Waals surface area contributed by atoms with E-state index in [-0.39, 0.29) is 17.7 Å². The van der Waals surface area contributed by atoms with E-state index in [1.807, 2.05) is 39.0 Å². The van der Waals surface area contributed by atoms with Gasteiger partial charge >= 0.3 is 0 Å². The molecule has 5 nitrogen and oxygen atoms in total. The number of piperidine rings is 1. The molecule has 0 aliphatic carbocycles. The summed E-state index contributed by atoms with van der Waals surface area (Å²) in [5.74, 6) is -1.35. The fourth-order valence-electron chi connectivity index (χ4n) is 2.82. The summed E-state index contributed by atoms with van der Waals surface area (Å²) >= 11 is 0. The number of aromatic nitrogens is 2. The van der Waals surface area contributed by atoms with Gasteiger partial charge in [0.05, 0.1) is 17.1 Å². The fourth-order valence-corrected chi connectivity index (χ4v) is 2.82. The van der Waals surface area contributed by atoms with Crippen molar-refractivity contribution in [3.05, 3.63) is 29.5 Å². The molecule has 0 saturated carbocycles. The van der Waals surface area contributed by atoms with Crippen LogP contribution < -0.4 is 5.32 Å². The molecule has 1 aromatic carbocycles. The minimum absolute atomic E-state index is 0.146. The van der Waals surface area contributed by atoms with Crippen molar-refractivity contribution in [2.75, 3.05) is 0 Å². The monoisotopic (exact) mass is 302 g/mol. The number of aryl methyl sites for hydroxylation is 1. The minimum Gasteiger partial charge on any atom is -0.296 e. The van der Waals surface area contributed by atoms with Gasteiger partial charge in [0.2, 0.25) is 11.8 Å². The quantitative estimate of drug-likeness (QED) is 0.823. The van der Waals surface area contributed by atoms with Crippen LogP contribution in [0.5, 0.6) is 0 Å². The van der Waals surface area contributed by atoms with Gasteiger partial charge in [0, 0.05) is 22.9 Å². The summed E-state index contributed by atoms with van der Waals surface area (Å²) in [7, 11) is 0. The molecule has 0 bridgehead atoms. The van der Waals surface area contributed by atoms with Gasteiger partial charge in [-0.05, 0) is 23.5 Å². The van der Waals surface area contributed by atoms with Gasteiger partial charge in [-0.3, -0.25) is 19.6 Å². The number of nitrogens with zero attached hydrogens (tertiary/aromatic N) is 2. The molecule has 1 unspecified atom stereocenters. The summed E-state index contributed by atoms with van der Waals surface area (Å²) < 4.78 is 24.3. The van der Waals surface area contributed by atoms with E-state index in [1.54, 1.807) is 0 Å². The molecule has 1 N–H and O–H groups in total. The molecule has 2 heterocycles. The van der Waals surface area contributed by atoms with Gasteiger partial charge in [-0.2, -0.15) is 5.10 Å². The van der Waals surface area contributed by atoms with E-state index in [4.69, 9.17) is 4.11 Å². The second-order valence-electron chi connectivity index (χ2n) is 6.78. The highest BCUT2D eigenvalue weighted by molar-refractivity contribution is 6.02. The first kappa shape index (κ1) is 11.4. The van der Waals surface area contributed by atoms with Crippen LogP contribution in [0.15, 0.2) is 18.2 Å². The van der Waals surface area contributed by atoms with Crippen molar-refractivity contribution >= 4 is 22.7 Å². The predicted octanol–water partition coefficient (Wildman–Crippen LogP) is 2.39. The number of amides is 2. The fraction of sp³-hybridized carbons (Fsp3) is 0.471. The number of benzene rings is 1. The van der Waals surface area contributed by atoms with Crippen LogP contribution in [0.2, 0.25) is 0 Å². The van der Waals surface area contributed by atoms with Crippen LogP contribution in [0.25, 0.3) is 10.9 Å². The molecule has 5 heteroatoms. The van der Waals surface area contributed by atoms with E-state index in [2.05, 4.69) is 10.4 Å². The van der Waals surface area contributed by atoms with Gasteiger partial charge in [0.25, 0.3) is 0 Å². The SMILES string of the molecule is [2H]C([2H])([2H])n1nc(C2CCC(=O)NC2=O)c2ccc(C(C)(C)C)cc21. The highest BCUT2D eigenvalue weighted by Crippen LogP contribution is 2.32. The number of hydrogen-bond acceptors (Lipinski definition) is 3. The lowest BCUT2D eigenvalue weighted by molar-refractivity contribution is -0.134. The van der Waals surface area contributed by atoms with Crippen molar-refractivity contribution in [2.24, 2.45) is 6.98 Å². The lowest BCUT2D eigenvalue weighted by atomic mass is 9.86. The Morgan fingerprint density at radius 1 is 1.36 bits per heavy atom. The summed E-state index contributed by atoms with van der Waals surface area (Å²) in [4.78, 5) is 23.6. The first-order valence-electron chi connectivity index (χ1n) is 8.86. The maximum absolute atomic E-state index is 12.2. The Hall–Kier alpha value is -2.17. The summed E-state index contributed by atoms with van der Waals surface area (Å²) in [5.41, 5.74) is 1.73. The second-order valence-corrected chi connectivity index (χ2v) is 6.78. The van der Waals surface area contributed by atoms with E-state index in [0.717, 1.165) is 10.2 Å². The van der Waals surface area contributed by atoms with Crippen molar-refractivity contribution in [1.29, 1.82) is 0 Å². The second kappa shape index (κ2) is 4.93. The molecule has 22 heavy (non-hydrogen) atoms. The molecular weight excluding hydrogens is 278 g/mol. The molecule has 0 radical (unpaired) electrons. The predicted molar refractivity (Wildman–Crippen MR) is 84.5 cm³/mol. The number of imide groups is 1. The Kier molecular flexibility index (Phi) is 2.56. The van der Waals surface area contributed by atoms with Crippen LogP contribution in [-0.4, -0.2) is 21.6 Å². The van der Waals surface area contributed by atoms with E-state index >= 15 is 0 Å². The third-order valence-corrected chi connectivity index (χ3v) is 4.14. The molecule has 3 rings (SSSR count). The van der Waals surface area contributed by atoms with E-state index < -0.39 is 18.8 Å². The molecule has 1 aliphatic rings. The molecular formula is C17H21N3O2. The Labute approximate surface area is 133 Å². The zero-order valence-corrected chi connectivity index (χ0v) is 12.9. The van der Waals surface area contributed by atoms with Gasteiger partial charge in [0.1, 0.15) is 0 Å². The molecule has 1 fully saturated rings. The molecule has 2 amide bonds.